The highest BCUT2D eigenvalue weighted by Gasteiger charge is 2.33. The molecule has 2 atom stereocenters. The molecule has 21 heavy (non-hydrogen) atoms. The summed E-state index contributed by atoms with van der Waals surface area (Å²) in [5.41, 5.74) is 0.0423. The van der Waals surface area contributed by atoms with E-state index in [0.29, 0.717) is 0 Å². The van der Waals surface area contributed by atoms with Crippen molar-refractivity contribution >= 4 is 17.4 Å². The van der Waals surface area contributed by atoms with Crippen molar-refractivity contribution in [2.75, 3.05) is 5.32 Å². The quantitative estimate of drug-likeness (QED) is 0.907. The highest BCUT2D eigenvalue weighted by molar-refractivity contribution is 6.08. The van der Waals surface area contributed by atoms with Gasteiger partial charge in [0.15, 0.2) is 11.5 Å². The molecule has 0 spiro atoms. The fourth-order valence-electron chi connectivity index (χ4n) is 2.23. The molecule has 5 heteroatoms. The minimum atomic E-state index is -0.644. The number of hydrogen-bond donors (Lipinski definition) is 1. The van der Waals surface area contributed by atoms with Crippen molar-refractivity contribution < 1.29 is 18.7 Å². The van der Waals surface area contributed by atoms with Crippen molar-refractivity contribution in [1.29, 1.82) is 0 Å². The van der Waals surface area contributed by atoms with E-state index in [4.69, 9.17) is 4.74 Å². The maximum Gasteiger partial charge on any atom is 0.290 e. The average molecular weight is 285 g/mol. The molecule has 0 unspecified atom stereocenters. The summed E-state index contributed by atoms with van der Waals surface area (Å²) >= 11 is 0. The van der Waals surface area contributed by atoms with Gasteiger partial charge in [0.2, 0.25) is 0 Å². The van der Waals surface area contributed by atoms with Crippen LogP contribution in [0.5, 0.6) is 0 Å². The number of hydrogen-bond acceptors (Lipinski definition) is 3. The van der Waals surface area contributed by atoms with E-state index >= 15 is 0 Å². The number of amides is 1. The van der Waals surface area contributed by atoms with Crippen molar-refractivity contribution in [3.63, 3.8) is 0 Å². The Morgan fingerprint density at radius 2 is 1.95 bits per heavy atom. The topological polar surface area (TPSA) is 55.4 Å². The SMILES string of the molecule is O=C(Nc1ccccc1F)C1=CC(=O)[C@H]2C=CC=C[C@@H]2O1. The van der Waals surface area contributed by atoms with Gasteiger partial charge in [-0.15, -0.1) is 0 Å². The summed E-state index contributed by atoms with van der Waals surface area (Å²) in [6, 6.07) is 5.80. The Hall–Kier alpha value is -2.69. The average Bonchev–Trinajstić information content (AvgIpc) is 2.49. The lowest BCUT2D eigenvalue weighted by molar-refractivity contribution is -0.125. The second-order valence-electron chi connectivity index (χ2n) is 4.72. The first-order valence-corrected chi connectivity index (χ1v) is 6.48. The number of carbonyl (C=O) groups is 2. The van der Waals surface area contributed by atoms with Crippen LogP contribution < -0.4 is 5.32 Å². The van der Waals surface area contributed by atoms with Gasteiger partial charge in [0, 0.05) is 6.08 Å². The third kappa shape index (κ3) is 2.63. The number of carbonyl (C=O) groups excluding carboxylic acids is 2. The maximum atomic E-state index is 13.5. The molecule has 0 saturated heterocycles. The van der Waals surface area contributed by atoms with Crippen LogP contribution in [0.25, 0.3) is 0 Å². The molecular weight excluding hydrogens is 273 g/mol. The molecular formula is C16H12FNO3. The van der Waals surface area contributed by atoms with Crippen molar-refractivity contribution in [2.24, 2.45) is 5.92 Å². The number of rotatable bonds is 2. The summed E-state index contributed by atoms with van der Waals surface area (Å²) in [6.07, 6.45) is 7.63. The standard InChI is InChI=1S/C16H12FNO3/c17-11-6-2-3-7-12(11)18-16(20)15-9-13(19)10-5-1-4-8-14(10)21-15/h1-10,14H,(H,18,20)/t10-,14+/m1/s1. The van der Waals surface area contributed by atoms with E-state index in [9.17, 15) is 14.0 Å². The van der Waals surface area contributed by atoms with Gasteiger partial charge in [0.25, 0.3) is 5.91 Å². The van der Waals surface area contributed by atoms with E-state index in [0.717, 1.165) is 6.08 Å². The summed E-state index contributed by atoms with van der Waals surface area (Å²) in [6.45, 7) is 0. The van der Waals surface area contributed by atoms with Crippen LogP contribution in [-0.2, 0) is 14.3 Å². The molecule has 1 aromatic rings. The first-order chi connectivity index (χ1) is 10.1. The Kier molecular flexibility index (Phi) is 3.39. The van der Waals surface area contributed by atoms with E-state index in [-0.39, 0.29) is 17.2 Å². The molecule has 0 fully saturated rings. The summed E-state index contributed by atoms with van der Waals surface area (Å²) < 4.78 is 19.0. The van der Waals surface area contributed by atoms with Crippen LogP contribution in [0.4, 0.5) is 10.1 Å². The molecule has 1 aromatic carbocycles. The number of nitrogens with one attached hydrogen (secondary N) is 1. The van der Waals surface area contributed by atoms with Crippen molar-refractivity contribution in [2.45, 2.75) is 6.10 Å². The maximum absolute atomic E-state index is 13.5. The molecule has 0 bridgehead atoms. The third-order valence-electron chi connectivity index (χ3n) is 3.30. The Morgan fingerprint density at radius 1 is 1.19 bits per heavy atom. The molecule has 1 N–H and O–H groups in total. The molecule has 1 aliphatic carbocycles. The number of fused-ring (bicyclic) bond motifs is 1. The lowest BCUT2D eigenvalue weighted by Crippen LogP contribution is -2.35. The van der Waals surface area contributed by atoms with E-state index < -0.39 is 23.7 Å². The van der Waals surface area contributed by atoms with E-state index in [1.165, 1.54) is 18.2 Å². The van der Waals surface area contributed by atoms with Crippen LogP contribution in [0.3, 0.4) is 0 Å². The number of allylic oxidation sites excluding steroid dienone is 3. The van der Waals surface area contributed by atoms with Gasteiger partial charge in [-0.05, 0) is 18.2 Å². The molecule has 0 aromatic heterocycles. The smallest absolute Gasteiger partial charge is 0.290 e. The fraction of sp³-hybridized carbons (Fsp3) is 0.125. The van der Waals surface area contributed by atoms with E-state index in [1.54, 1.807) is 30.4 Å². The zero-order valence-corrected chi connectivity index (χ0v) is 11.0. The Labute approximate surface area is 120 Å². The molecule has 106 valence electrons. The van der Waals surface area contributed by atoms with Crippen LogP contribution in [0.15, 0.2) is 60.4 Å². The van der Waals surface area contributed by atoms with Crippen LogP contribution in [0.2, 0.25) is 0 Å². The molecule has 2 aliphatic rings. The first kappa shape index (κ1) is 13.3. The zero-order chi connectivity index (χ0) is 14.8. The minimum Gasteiger partial charge on any atom is -0.479 e. The van der Waals surface area contributed by atoms with Crippen LogP contribution in [-0.4, -0.2) is 17.8 Å². The second-order valence-corrected chi connectivity index (χ2v) is 4.72. The molecule has 0 radical (unpaired) electrons. The fourth-order valence-corrected chi connectivity index (χ4v) is 2.23. The minimum absolute atomic E-state index is 0.0423. The molecule has 4 nitrogen and oxygen atoms in total. The number of anilines is 1. The lowest BCUT2D eigenvalue weighted by atomic mass is 9.91. The lowest BCUT2D eigenvalue weighted by Gasteiger charge is -2.28. The van der Waals surface area contributed by atoms with Crippen LogP contribution in [0, 0.1) is 11.7 Å². The van der Waals surface area contributed by atoms with Crippen molar-refractivity contribution in [1.82, 2.24) is 0 Å². The van der Waals surface area contributed by atoms with E-state index in [2.05, 4.69) is 5.32 Å². The molecule has 1 heterocycles. The zero-order valence-electron chi connectivity index (χ0n) is 11.0. The third-order valence-corrected chi connectivity index (χ3v) is 3.30. The number of ketones is 1. The van der Waals surface area contributed by atoms with Gasteiger partial charge in [-0.25, -0.2) is 4.39 Å². The summed E-state index contributed by atoms with van der Waals surface area (Å²) in [7, 11) is 0. The highest BCUT2D eigenvalue weighted by atomic mass is 19.1. The monoisotopic (exact) mass is 285 g/mol. The van der Waals surface area contributed by atoms with Gasteiger partial charge in [-0.2, -0.15) is 0 Å². The summed E-state index contributed by atoms with van der Waals surface area (Å²) in [5, 5.41) is 2.39. The predicted octanol–water partition coefficient (Wildman–Crippen LogP) is 2.36. The van der Waals surface area contributed by atoms with Gasteiger partial charge in [-0.1, -0.05) is 30.4 Å². The predicted molar refractivity (Wildman–Crippen MR) is 74.8 cm³/mol. The van der Waals surface area contributed by atoms with E-state index in [1.807, 2.05) is 0 Å². The van der Waals surface area contributed by atoms with Gasteiger partial charge in [0.1, 0.15) is 11.9 Å². The number of halogens is 1. The van der Waals surface area contributed by atoms with Gasteiger partial charge in [0.05, 0.1) is 11.6 Å². The molecule has 1 amide bonds. The van der Waals surface area contributed by atoms with Gasteiger partial charge >= 0.3 is 0 Å². The first-order valence-electron chi connectivity index (χ1n) is 6.48. The Morgan fingerprint density at radius 3 is 2.76 bits per heavy atom. The van der Waals surface area contributed by atoms with Crippen molar-refractivity contribution in [3.05, 3.63) is 66.2 Å². The molecule has 0 saturated carbocycles. The Bertz CT molecular complexity index is 691. The largest absolute Gasteiger partial charge is 0.479 e. The van der Waals surface area contributed by atoms with Crippen LogP contribution in [0.1, 0.15) is 0 Å². The van der Waals surface area contributed by atoms with Crippen LogP contribution >= 0.6 is 0 Å². The molecule has 3 rings (SSSR count). The number of para-hydroxylation sites is 1. The normalized spacial score (nSPS) is 23.1. The van der Waals surface area contributed by atoms with Gasteiger partial charge < -0.3 is 10.1 Å². The molecule has 1 aliphatic heterocycles. The highest BCUT2D eigenvalue weighted by Crippen LogP contribution is 2.26. The summed E-state index contributed by atoms with van der Waals surface area (Å²) in [5.74, 6) is -1.91. The van der Waals surface area contributed by atoms with Crippen molar-refractivity contribution in [3.8, 4) is 0 Å². The second kappa shape index (κ2) is 5.36. The number of benzene rings is 1. The summed E-state index contributed by atoms with van der Waals surface area (Å²) in [4.78, 5) is 24.0. The van der Waals surface area contributed by atoms with Gasteiger partial charge in [-0.3, -0.25) is 9.59 Å². The Balaban J connectivity index is 1.79. The number of ether oxygens (including phenoxy) is 1.